The third kappa shape index (κ3) is 3.33. The van der Waals surface area contributed by atoms with Crippen LogP contribution < -0.4 is 10.2 Å². The number of amides is 2. The predicted octanol–water partition coefficient (Wildman–Crippen LogP) is 5.00. The molecule has 0 bridgehead atoms. The molecule has 5 rings (SSSR count). The molecule has 1 aliphatic heterocycles. The Bertz CT molecular complexity index is 1140. The molecule has 1 N–H and O–H groups in total. The summed E-state index contributed by atoms with van der Waals surface area (Å²) in [5.41, 5.74) is 1.54. The maximum atomic E-state index is 13.7. The number of nitrogens with zero attached hydrogens (tertiary/aromatic N) is 2. The molecule has 1 fully saturated rings. The Morgan fingerprint density at radius 1 is 1.16 bits per heavy atom. The fourth-order valence-corrected chi connectivity index (χ4v) is 5.08. The highest BCUT2D eigenvalue weighted by Crippen LogP contribution is 2.37. The standard InChI is InChI=1S/C24H26ClN3O3/c1-15-3-7-17(8-4-15)26-23(30)24(2)14-27-19-11-12-31-21(19)13-20(27)22(29)28(24)18-9-5-16(25)6-10-18/h5-6,9-13,15,17H,3-4,7-8,14H2,1-2H3,(H,26,30)/t15?,17?,24-/m1/s1. The third-order valence-electron chi connectivity index (χ3n) is 6.83. The summed E-state index contributed by atoms with van der Waals surface area (Å²) in [6.45, 7) is 4.44. The van der Waals surface area contributed by atoms with E-state index in [4.69, 9.17) is 16.0 Å². The molecule has 0 saturated heterocycles. The average molecular weight is 440 g/mol. The van der Waals surface area contributed by atoms with Crippen LogP contribution in [0.3, 0.4) is 0 Å². The summed E-state index contributed by atoms with van der Waals surface area (Å²) in [6.07, 6.45) is 5.77. The van der Waals surface area contributed by atoms with Crippen molar-refractivity contribution in [3.63, 3.8) is 0 Å². The van der Waals surface area contributed by atoms with Crippen LogP contribution in [0.1, 0.15) is 50.0 Å². The molecule has 3 aromatic rings. The molecular weight excluding hydrogens is 414 g/mol. The van der Waals surface area contributed by atoms with Gasteiger partial charge in [0.1, 0.15) is 11.2 Å². The second-order valence-corrected chi connectivity index (χ2v) is 9.54. The number of aromatic nitrogens is 1. The largest absolute Gasteiger partial charge is 0.463 e. The van der Waals surface area contributed by atoms with Gasteiger partial charge in [-0.25, -0.2) is 0 Å². The Morgan fingerprint density at radius 2 is 1.87 bits per heavy atom. The lowest BCUT2D eigenvalue weighted by Gasteiger charge is -2.44. The average Bonchev–Trinajstić information content (AvgIpc) is 3.33. The van der Waals surface area contributed by atoms with E-state index in [2.05, 4.69) is 12.2 Å². The van der Waals surface area contributed by atoms with Gasteiger partial charge in [-0.3, -0.25) is 14.5 Å². The second kappa shape index (κ2) is 7.45. The number of hydrogen-bond acceptors (Lipinski definition) is 3. The first kappa shape index (κ1) is 20.2. The Hall–Kier alpha value is -2.73. The molecule has 2 aliphatic rings. The van der Waals surface area contributed by atoms with Crippen LogP contribution in [-0.4, -0.2) is 28.0 Å². The first-order valence-corrected chi connectivity index (χ1v) is 11.2. The van der Waals surface area contributed by atoms with Crippen molar-refractivity contribution in [1.29, 1.82) is 0 Å². The maximum absolute atomic E-state index is 13.7. The van der Waals surface area contributed by atoms with Gasteiger partial charge >= 0.3 is 0 Å². The van der Waals surface area contributed by atoms with Crippen molar-refractivity contribution in [1.82, 2.24) is 9.88 Å². The lowest BCUT2D eigenvalue weighted by atomic mass is 9.86. The first-order valence-electron chi connectivity index (χ1n) is 10.8. The normalized spacial score (nSPS) is 26.2. The number of fused-ring (bicyclic) bond motifs is 3. The SMILES string of the molecule is CC1CCC(NC(=O)[C@@]2(C)Cn3c(cc4occc43)C(=O)N2c2ccc(Cl)cc2)CC1. The molecule has 1 atom stereocenters. The topological polar surface area (TPSA) is 67.5 Å². The highest BCUT2D eigenvalue weighted by molar-refractivity contribution is 6.30. The van der Waals surface area contributed by atoms with E-state index >= 15 is 0 Å². The summed E-state index contributed by atoms with van der Waals surface area (Å²) in [5, 5.41) is 3.83. The van der Waals surface area contributed by atoms with Crippen LogP contribution in [0.25, 0.3) is 11.1 Å². The van der Waals surface area contributed by atoms with Gasteiger partial charge < -0.3 is 14.3 Å². The van der Waals surface area contributed by atoms with Crippen molar-refractivity contribution in [2.24, 2.45) is 5.92 Å². The number of carbonyl (C=O) groups is 2. The van der Waals surface area contributed by atoms with Crippen LogP contribution in [0.15, 0.2) is 47.1 Å². The Balaban J connectivity index is 1.56. The fourth-order valence-electron chi connectivity index (χ4n) is 4.95. The molecule has 31 heavy (non-hydrogen) atoms. The van der Waals surface area contributed by atoms with Crippen LogP contribution in [0, 0.1) is 5.92 Å². The van der Waals surface area contributed by atoms with Crippen molar-refractivity contribution in [2.45, 2.75) is 57.7 Å². The van der Waals surface area contributed by atoms with Gasteiger partial charge in [0.25, 0.3) is 5.91 Å². The van der Waals surface area contributed by atoms with E-state index < -0.39 is 5.54 Å². The highest BCUT2D eigenvalue weighted by atomic mass is 35.5. The molecule has 2 aromatic heterocycles. The summed E-state index contributed by atoms with van der Waals surface area (Å²) in [6, 6.07) is 10.8. The highest BCUT2D eigenvalue weighted by Gasteiger charge is 2.49. The molecule has 0 spiro atoms. The summed E-state index contributed by atoms with van der Waals surface area (Å²) in [5.74, 6) is 0.337. The molecule has 6 nitrogen and oxygen atoms in total. The lowest BCUT2D eigenvalue weighted by molar-refractivity contribution is -0.127. The zero-order chi connectivity index (χ0) is 21.8. The number of furan rings is 1. The number of rotatable bonds is 3. The fraction of sp³-hybridized carbons (Fsp3) is 0.417. The van der Waals surface area contributed by atoms with E-state index in [1.165, 1.54) is 0 Å². The Labute approximate surface area is 186 Å². The van der Waals surface area contributed by atoms with E-state index in [1.54, 1.807) is 41.5 Å². The Morgan fingerprint density at radius 3 is 2.58 bits per heavy atom. The molecule has 162 valence electrons. The smallest absolute Gasteiger partial charge is 0.276 e. The first-order chi connectivity index (χ1) is 14.9. The van der Waals surface area contributed by atoms with Crippen LogP contribution in [-0.2, 0) is 11.3 Å². The zero-order valence-corrected chi connectivity index (χ0v) is 18.5. The molecule has 0 radical (unpaired) electrons. The van der Waals surface area contributed by atoms with E-state index in [9.17, 15) is 9.59 Å². The molecule has 1 saturated carbocycles. The number of benzene rings is 1. The van der Waals surface area contributed by atoms with Crippen molar-refractivity contribution in [2.75, 3.05) is 4.90 Å². The van der Waals surface area contributed by atoms with Crippen LogP contribution in [0.4, 0.5) is 5.69 Å². The zero-order valence-electron chi connectivity index (χ0n) is 17.7. The molecule has 1 aliphatic carbocycles. The number of halogens is 1. The number of carbonyl (C=O) groups excluding carboxylic acids is 2. The summed E-state index contributed by atoms with van der Waals surface area (Å²) in [7, 11) is 0. The minimum Gasteiger partial charge on any atom is -0.463 e. The van der Waals surface area contributed by atoms with E-state index in [0.29, 0.717) is 34.4 Å². The quantitative estimate of drug-likeness (QED) is 0.624. The maximum Gasteiger partial charge on any atom is 0.276 e. The van der Waals surface area contributed by atoms with E-state index in [-0.39, 0.29) is 17.9 Å². The van der Waals surface area contributed by atoms with Gasteiger partial charge in [0.15, 0.2) is 5.58 Å². The Kier molecular flexibility index (Phi) is 4.85. The van der Waals surface area contributed by atoms with Gasteiger partial charge in [-0.05, 0) is 62.8 Å². The second-order valence-electron chi connectivity index (χ2n) is 9.11. The number of hydrogen-bond donors (Lipinski definition) is 1. The van der Waals surface area contributed by atoms with Gasteiger partial charge in [-0.1, -0.05) is 18.5 Å². The predicted molar refractivity (Wildman–Crippen MR) is 120 cm³/mol. The minimum absolute atomic E-state index is 0.133. The van der Waals surface area contributed by atoms with Gasteiger partial charge in [-0.2, -0.15) is 0 Å². The molecule has 1 aromatic carbocycles. The van der Waals surface area contributed by atoms with Gasteiger partial charge in [0.2, 0.25) is 5.91 Å². The summed E-state index contributed by atoms with van der Waals surface area (Å²) < 4.78 is 7.43. The van der Waals surface area contributed by atoms with Crippen molar-refractivity contribution in [3.8, 4) is 0 Å². The van der Waals surface area contributed by atoms with Gasteiger partial charge in [-0.15, -0.1) is 0 Å². The summed E-state index contributed by atoms with van der Waals surface area (Å²) in [4.78, 5) is 29.0. The summed E-state index contributed by atoms with van der Waals surface area (Å²) >= 11 is 6.08. The van der Waals surface area contributed by atoms with Crippen molar-refractivity contribution in [3.05, 3.63) is 53.4 Å². The lowest BCUT2D eigenvalue weighted by Crippen LogP contribution is -2.65. The van der Waals surface area contributed by atoms with E-state index in [1.807, 2.05) is 17.6 Å². The van der Waals surface area contributed by atoms with Crippen LogP contribution in [0.2, 0.25) is 5.02 Å². The minimum atomic E-state index is -1.09. The number of nitrogens with one attached hydrogen (secondary N) is 1. The van der Waals surface area contributed by atoms with Crippen molar-refractivity contribution >= 4 is 40.2 Å². The molecule has 0 unspecified atom stereocenters. The molecule has 3 heterocycles. The van der Waals surface area contributed by atoms with E-state index in [0.717, 1.165) is 31.2 Å². The van der Waals surface area contributed by atoms with Gasteiger partial charge in [0.05, 0.1) is 18.3 Å². The van der Waals surface area contributed by atoms with Crippen LogP contribution >= 0.6 is 11.6 Å². The third-order valence-corrected chi connectivity index (χ3v) is 7.08. The molecular formula is C24H26ClN3O3. The monoisotopic (exact) mass is 439 g/mol. The molecule has 7 heteroatoms. The van der Waals surface area contributed by atoms with Gasteiger partial charge in [0, 0.05) is 28.9 Å². The van der Waals surface area contributed by atoms with Crippen molar-refractivity contribution < 1.29 is 14.0 Å². The van der Waals surface area contributed by atoms with Crippen LogP contribution in [0.5, 0.6) is 0 Å². The molecule has 2 amide bonds. The number of anilines is 1.